The third kappa shape index (κ3) is 3.32. The number of hydrogen-bond acceptors (Lipinski definition) is 6. The van der Waals surface area contributed by atoms with Gasteiger partial charge in [-0.05, 0) is 24.6 Å². The van der Waals surface area contributed by atoms with Gasteiger partial charge in [-0.15, -0.1) is 0 Å². The van der Waals surface area contributed by atoms with Gasteiger partial charge < -0.3 is 19.5 Å². The number of aromatic nitrogens is 1. The van der Waals surface area contributed by atoms with Gasteiger partial charge in [-0.3, -0.25) is 0 Å². The Balaban J connectivity index is 2.20. The molecule has 26 heavy (non-hydrogen) atoms. The Kier molecular flexibility index (Phi) is 5.32. The smallest absolute Gasteiger partial charge is 0.203 e. The van der Waals surface area contributed by atoms with Gasteiger partial charge in [0.05, 0.1) is 31.9 Å². The van der Waals surface area contributed by atoms with E-state index >= 15 is 0 Å². The summed E-state index contributed by atoms with van der Waals surface area (Å²) in [6, 6.07) is 12.3. The van der Waals surface area contributed by atoms with Crippen LogP contribution >= 0.6 is 11.3 Å². The Hall–Kier alpha value is -2.73. The summed E-state index contributed by atoms with van der Waals surface area (Å²) >= 11 is 1.62. The highest BCUT2D eigenvalue weighted by atomic mass is 32.1. The van der Waals surface area contributed by atoms with Crippen LogP contribution in [0.25, 0.3) is 21.7 Å². The third-order valence-corrected chi connectivity index (χ3v) is 5.21. The van der Waals surface area contributed by atoms with E-state index < -0.39 is 0 Å². The molecular formula is C20H22N2O3S. The monoisotopic (exact) mass is 370 g/mol. The maximum Gasteiger partial charge on any atom is 0.203 e. The molecule has 3 aromatic rings. The van der Waals surface area contributed by atoms with Gasteiger partial charge in [-0.1, -0.05) is 41.2 Å². The number of methoxy groups -OCH3 is 3. The summed E-state index contributed by atoms with van der Waals surface area (Å²) in [6.07, 6.45) is 0. The van der Waals surface area contributed by atoms with Crippen LogP contribution in [0, 0.1) is 6.92 Å². The molecule has 1 heterocycles. The number of thiazole rings is 1. The van der Waals surface area contributed by atoms with Crippen LogP contribution in [-0.2, 0) is 0 Å². The van der Waals surface area contributed by atoms with Crippen LogP contribution in [0.2, 0.25) is 0 Å². The number of ether oxygens (including phenoxy) is 3. The lowest BCUT2D eigenvalue weighted by Crippen LogP contribution is -1.96. The third-order valence-electron chi connectivity index (χ3n) is 4.09. The molecule has 0 saturated carbocycles. The number of hydrogen-bond donors (Lipinski definition) is 1. The lowest BCUT2D eigenvalue weighted by molar-refractivity contribution is 0.324. The number of nitrogens with zero attached hydrogens (tertiary/aromatic N) is 1. The number of anilines is 1. The first-order valence-electron chi connectivity index (χ1n) is 8.17. The van der Waals surface area contributed by atoms with Crippen molar-refractivity contribution in [3.8, 4) is 38.9 Å². The molecule has 2 aromatic carbocycles. The lowest BCUT2D eigenvalue weighted by Gasteiger charge is -2.14. The summed E-state index contributed by atoms with van der Waals surface area (Å²) in [6.45, 7) is 2.08. The zero-order valence-corrected chi connectivity index (χ0v) is 16.4. The summed E-state index contributed by atoms with van der Waals surface area (Å²) in [5.74, 6) is 1.78. The first-order chi connectivity index (χ1) is 12.6. The van der Waals surface area contributed by atoms with E-state index in [1.165, 1.54) is 5.56 Å². The molecule has 0 spiro atoms. The summed E-state index contributed by atoms with van der Waals surface area (Å²) in [5.41, 5.74) is 4.13. The second kappa shape index (κ2) is 7.66. The van der Waals surface area contributed by atoms with E-state index in [1.54, 1.807) is 32.7 Å². The average Bonchev–Trinajstić information content (AvgIpc) is 3.11. The Labute approximate surface area is 157 Å². The van der Waals surface area contributed by atoms with E-state index in [0.717, 1.165) is 26.8 Å². The fourth-order valence-corrected chi connectivity index (χ4v) is 3.69. The van der Waals surface area contributed by atoms with Crippen LogP contribution in [0.4, 0.5) is 5.13 Å². The highest BCUT2D eigenvalue weighted by Gasteiger charge is 2.19. The highest BCUT2D eigenvalue weighted by Crippen LogP contribution is 2.45. The topological polar surface area (TPSA) is 52.6 Å². The van der Waals surface area contributed by atoms with Crippen molar-refractivity contribution in [2.24, 2.45) is 0 Å². The number of rotatable bonds is 6. The molecule has 0 atom stereocenters. The van der Waals surface area contributed by atoms with Gasteiger partial charge in [0, 0.05) is 12.6 Å². The predicted octanol–water partition coefficient (Wildman–Crippen LogP) is 4.85. The normalized spacial score (nSPS) is 10.5. The Bertz CT molecular complexity index is 879. The van der Waals surface area contributed by atoms with Gasteiger partial charge in [-0.25, -0.2) is 4.98 Å². The summed E-state index contributed by atoms with van der Waals surface area (Å²) in [7, 11) is 6.69. The van der Waals surface area contributed by atoms with E-state index in [0.29, 0.717) is 17.2 Å². The van der Waals surface area contributed by atoms with E-state index in [-0.39, 0.29) is 0 Å². The fraction of sp³-hybridized carbons (Fsp3) is 0.250. The molecule has 136 valence electrons. The van der Waals surface area contributed by atoms with Crippen LogP contribution in [0.1, 0.15) is 5.56 Å². The van der Waals surface area contributed by atoms with Crippen molar-refractivity contribution in [3.05, 3.63) is 42.0 Å². The Morgan fingerprint density at radius 2 is 1.50 bits per heavy atom. The first-order valence-corrected chi connectivity index (χ1v) is 8.99. The molecule has 1 aromatic heterocycles. The molecule has 0 radical (unpaired) electrons. The molecule has 0 fully saturated rings. The Morgan fingerprint density at radius 1 is 0.885 bits per heavy atom. The maximum absolute atomic E-state index is 5.49. The van der Waals surface area contributed by atoms with E-state index in [1.807, 2.05) is 19.2 Å². The highest BCUT2D eigenvalue weighted by molar-refractivity contribution is 7.19. The van der Waals surface area contributed by atoms with Crippen LogP contribution < -0.4 is 19.5 Å². The van der Waals surface area contributed by atoms with Crippen LogP contribution in [0.15, 0.2) is 36.4 Å². The SMILES string of the molecule is CNc1nc(-c2cc(OC)c(OC)c(OC)c2)c(-c2ccc(C)cc2)s1. The molecule has 1 N–H and O–H groups in total. The van der Waals surface area contributed by atoms with Crippen molar-refractivity contribution in [1.29, 1.82) is 0 Å². The minimum Gasteiger partial charge on any atom is -0.493 e. The number of aryl methyl sites for hydroxylation is 1. The van der Waals surface area contributed by atoms with E-state index in [2.05, 4.69) is 36.5 Å². The van der Waals surface area contributed by atoms with Crippen molar-refractivity contribution in [1.82, 2.24) is 4.98 Å². The molecule has 5 nitrogen and oxygen atoms in total. The van der Waals surface area contributed by atoms with Crippen molar-refractivity contribution in [2.45, 2.75) is 6.92 Å². The number of nitrogens with one attached hydrogen (secondary N) is 1. The molecule has 3 rings (SSSR count). The lowest BCUT2D eigenvalue weighted by atomic mass is 10.0. The summed E-state index contributed by atoms with van der Waals surface area (Å²) < 4.78 is 16.4. The van der Waals surface area contributed by atoms with Crippen LogP contribution in [-0.4, -0.2) is 33.4 Å². The molecule has 0 unspecified atom stereocenters. The maximum atomic E-state index is 5.49. The van der Waals surface area contributed by atoms with Crippen LogP contribution in [0.3, 0.4) is 0 Å². The first kappa shape index (κ1) is 18.1. The van der Waals surface area contributed by atoms with Gasteiger partial charge in [0.15, 0.2) is 16.6 Å². The van der Waals surface area contributed by atoms with Crippen molar-refractivity contribution in [2.75, 3.05) is 33.7 Å². The zero-order chi connectivity index (χ0) is 18.7. The number of benzene rings is 2. The van der Waals surface area contributed by atoms with Crippen LogP contribution in [0.5, 0.6) is 17.2 Å². The second-order valence-corrected chi connectivity index (χ2v) is 6.73. The molecular weight excluding hydrogens is 348 g/mol. The van der Waals surface area contributed by atoms with Gasteiger partial charge in [0.25, 0.3) is 0 Å². The molecule has 0 amide bonds. The molecule has 0 bridgehead atoms. The van der Waals surface area contributed by atoms with Gasteiger partial charge in [0.1, 0.15) is 0 Å². The predicted molar refractivity (Wildman–Crippen MR) is 107 cm³/mol. The van der Waals surface area contributed by atoms with Crippen molar-refractivity contribution in [3.63, 3.8) is 0 Å². The quantitative estimate of drug-likeness (QED) is 0.672. The minimum absolute atomic E-state index is 0.569. The largest absolute Gasteiger partial charge is 0.493 e. The average molecular weight is 370 g/mol. The summed E-state index contributed by atoms with van der Waals surface area (Å²) in [4.78, 5) is 5.85. The van der Waals surface area contributed by atoms with Gasteiger partial charge in [-0.2, -0.15) is 0 Å². The minimum atomic E-state index is 0.569. The standard InChI is InChI=1S/C20H22N2O3S/c1-12-6-8-13(9-7-12)19-17(22-20(21-2)26-19)14-10-15(23-3)18(25-5)16(11-14)24-4/h6-11H,1-5H3,(H,21,22). The second-order valence-electron chi connectivity index (χ2n) is 5.73. The molecule has 6 heteroatoms. The zero-order valence-electron chi connectivity index (χ0n) is 15.5. The van der Waals surface area contributed by atoms with Gasteiger partial charge in [0.2, 0.25) is 5.75 Å². The van der Waals surface area contributed by atoms with E-state index in [9.17, 15) is 0 Å². The molecule has 0 aliphatic heterocycles. The van der Waals surface area contributed by atoms with Crippen molar-refractivity contribution < 1.29 is 14.2 Å². The van der Waals surface area contributed by atoms with E-state index in [4.69, 9.17) is 19.2 Å². The molecule has 0 aliphatic rings. The molecule has 0 aliphatic carbocycles. The Morgan fingerprint density at radius 3 is 2.00 bits per heavy atom. The van der Waals surface area contributed by atoms with Gasteiger partial charge >= 0.3 is 0 Å². The summed E-state index contributed by atoms with van der Waals surface area (Å²) in [5, 5.41) is 3.99. The fourth-order valence-electron chi connectivity index (χ4n) is 2.74. The van der Waals surface area contributed by atoms with Crippen molar-refractivity contribution >= 4 is 16.5 Å². The molecule has 0 saturated heterocycles.